The minimum absolute atomic E-state index is 0.00812. The quantitative estimate of drug-likeness (QED) is 0.612. The van der Waals surface area contributed by atoms with Crippen molar-refractivity contribution in [3.63, 3.8) is 0 Å². The summed E-state index contributed by atoms with van der Waals surface area (Å²) in [5, 5.41) is 6.10. The minimum atomic E-state index is -0.433. The molecule has 1 unspecified atom stereocenters. The van der Waals surface area contributed by atoms with Crippen LogP contribution < -0.4 is 10.6 Å². The number of rotatable bonds is 4. The predicted molar refractivity (Wildman–Crippen MR) is 88.1 cm³/mol. The maximum atomic E-state index is 11.8. The molecule has 0 aromatic rings. The Labute approximate surface area is 137 Å². The summed E-state index contributed by atoms with van der Waals surface area (Å²) in [5.74, 6) is 0.855. The van der Waals surface area contributed by atoms with E-state index >= 15 is 0 Å². The second-order valence-electron chi connectivity index (χ2n) is 7.49. The monoisotopic (exact) mass is 326 g/mol. The van der Waals surface area contributed by atoms with Crippen molar-refractivity contribution in [1.29, 1.82) is 0 Å². The average molecular weight is 326 g/mol. The van der Waals surface area contributed by atoms with E-state index in [4.69, 9.17) is 17.0 Å². The normalized spacial score (nSPS) is 29.0. The third kappa shape index (κ3) is 4.66. The maximum absolute atomic E-state index is 11.8. The minimum Gasteiger partial charge on any atom is -0.465 e. The zero-order valence-electron chi connectivity index (χ0n) is 13.6. The van der Waals surface area contributed by atoms with Gasteiger partial charge in [0.1, 0.15) is 6.04 Å². The molecule has 0 bridgehead atoms. The molecule has 1 amide bonds. The lowest BCUT2D eigenvalue weighted by atomic mass is 9.79. The van der Waals surface area contributed by atoms with E-state index in [1.165, 1.54) is 0 Å². The molecule has 6 heteroatoms. The Morgan fingerprint density at radius 1 is 1.23 bits per heavy atom. The van der Waals surface area contributed by atoms with Crippen LogP contribution in [0.4, 0.5) is 0 Å². The van der Waals surface area contributed by atoms with Gasteiger partial charge >= 0.3 is 5.97 Å². The number of carbonyl (C=O) groups is 2. The van der Waals surface area contributed by atoms with Crippen molar-refractivity contribution >= 4 is 29.2 Å². The van der Waals surface area contributed by atoms with Crippen LogP contribution >= 0.6 is 12.2 Å². The average Bonchev–Trinajstić information content (AvgIpc) is 2.74. The molecule has 1 aliphatic carbocycles. The Balaban J connectivity index is 1.69. The van der Waals surface area contributed by atoms with Crippen LogP contribution in [0.15, 0.2) is 0 Å². The van der Waals surface area contributed by atoms with Crippen LogP contribution in [-0.2, 0) is 14.3 Å². The predicted octanol–water partition coefficient (Wildman–Crippen LogP) is 2.15. The molecule has 0 spiro atoms. The van der Waals surface area contributed by atoms with Gasteiger partial charge in [0.15, 0.2) is 5.11 Å². The fraction of sp³-hybridized carbons (Fsp3) is 0.812. The van der Waals surface area contributed by atoms with Crippen LogP contribution in [0, 0.1) is 17.3 Å². The molecule has 1 aliphatic heterocycles. The summed E-state index contributed by atoms with van der Waals surface area (Å²) in [4.78, 5) is 23.5. The van der Waals surface area contributed by atoms with Crippen LogP contribution in [0.3, 0.4) is 0 Å². The second kappa shape index (κ2) is 6.94. The third-order valence-corrected chi connectivity index (χ3v) is 4.68. The molecule has 22 heavy (non-hydrogen) atoms. The van der Waals surface area contributed by atoms with Gasteiger partial charge in [-0.05, 0) is 76.9 Å². The van der Waals surface area contributed by atoms with Crippen molar-refractivity contribution in [2.75, 3.05) is 6.61 Å². The van der Waals surface area contributed by atoms with Crippen LogP contribution in [-0.4, -0.2) is 29.6 Å². The van der Waals surface area contributed by atoms with E-state index in [1.807, 2.05) is 20.8 Å². The first-order valence-electron chi connectivity index (χ1n) is 8.04. The van der Waals surface area contributed by atoms with Crippen LogP contribution in [0.1, 0.15) is 52.9 Å². The number of hydrogen-bond donors (Lipinski definition) is 2. The number of carbonyl (C=O) groups excluding carboxylic acids is 2. The number of ether oxygens (including phenoxy) is 1. The summed E-state index contributed by atoms with van der Waals surface area (Å²) in [6.45, 7) is 6.14. The van der Waals surface area contributed by atoms with E-state index < -0.39 is 5.41 Å². The van der Waals surface area contributed by atoms with Crippen molar-refractivity contribution in [3.8, 4) is 0 Å². The highest BCUT2D eigenvalue weighted by atomic mass is 32.1. The van der Waals surface area contributed by atoms with Gasteiger partial charge in [-0.1, -0.05) is 0 Å². The Hall–Kier alpha value is -1.17. The highest BCUT2D eigenvalue weighted by Gasteiger charge is 2.32. The molecule has 0 aromatic carbocycles. The summed E-state index contributed by atoms with van der Waals surface area (Å²) in [7, 11) is 0. The highest BCUT2D eigenvalue weighted by Crippen LogP contribution is 2.32. The zero-order chi connectivity index (χ0) is 16.3. The molecular formula is C16H26N2O3S. The van der Waals surface area contributed by atoms with Crippen molar-refractivity contribution in [1.82, 2.24) is 10.6 Å². The van der Waals surface area contributed by atoms with Gasteiger partial charge in [-0.25, -0.2) is 0 Å². The van der Waals surface area contributed by atoms with E-state index in [1.54, 1.807) is 0 Å². The number of nitrogens with one attached hydrogen (secondary N) is 2. The molecule has 2 rings (SSSR count). The summed E-state index contributed by atoms with van der Waals surface area (Å²) >= 11 is 4.96. The van der Waals surface area contributed by atoms with Gasteiger partial charge in [0.05, 0.1) is 12.0 Å². The van der Waals surface area contributed by atoms with Crippen LogP contribution in [0.25, 0.3) is 0 Å². The summed E-state index contributed by atoms with van der Waals surface area (Å²) < 4.78 is 5.41. The maximum Gasteiger partial charge on any atom is 0.311 e. The SMILES string of the molecule is CC(C)(C)C(=O)OCC1CCC(CC2NC(=S)NC2=O)CC1. The zero-order valence-corrected chi connectivity index (χ0v) is 14.4. The Kier molecular flexibility index (Phi) is 5.42. The van der Waals surface area contributed by atoms with Crippen molar-refractivity contribution in [2.24, 2.45) is 17.3 Å². The molecule has 1 saturated carbocycles. The van der Waals surface area contributed by atoms with E-state index in [2.05, 4.69) is 10.6 Å². The van der Waals surface area contributed by atoms with Gasteiger partial charge in [-0.3, -0.25) is 9.59 Å². The Morgan fingerprint density at radius 3 is 2.32 bits per heavy atom. The molecule has 2 N–H and O–H groups in total. The van der Waals surface area contributed by atoms with Crippen molar-refractivity contribution in [3.05, 3.63) is 0 Å². The molecule has 0 aromatic heterocycles. The molecule has 124 valence electrons. The van der Waals surface area contributed by atoms with Crippen molar-refractivity contribution < 1.29 is 14.3 Å². The van der Waals surface area contributed by atoms with Gasteiger partial charge in [0.2, 0.25) is 5.91 Å². The number of amides is 1. The fourth-order valence-electron chi connectivity index (χ4n) is 3.00. The van der Waals surface area contributed by atoms with Gasteiger partial charge in [0, 0.05) is 0 Å². The molecule has 2 aliphatic rings. The lowest BCUT2D eigenvalue weighted by molar-refractivity contribution is -0.154. The van der Waals surface area contributed by atoms with E-state index in [0.29, 0.717) is 23.6 Å². The summed E-state index contributed by atoms with van der Waals surface area (Å²) in [6.07, 6.45) is 5.11. The van der Waals surface area contributed by atoms with Crippen molar-refractivity contribution in [2.45, 2.75) is 58.9 Å². The topological polar surface area (TPSA) is 67.4 Å². The third-order valence-electron chi connectivity index (χ3n) is 4.46. The Bertz CT molecular complexity index is 451. The molecule has 1 saturated heterocycles. The fourth-order valence-corrected chi connectivity index (χ4v) is 3.24. The van der Waals surface area contributed by atoms with E-state index in [0.717, 1.165) is 32.1 Å². The molecule has 1 atom stereocenters. The highest BCUT2D eigenvalue weighted by molar-refractivity contribution is 7.80. The summed E-state index contributed by atoms with van der Waals surface area (Å²) in [6, 6.07) is -0.173. The van der Waals surface area contributed by atoms with Gasteiger partial charge < -0.3 is 15.4 Å². The lowest BCUT2D eigenvalue weighted by Crippen LogP contribution is -2.33. The lowest BCUT2D eigenvalue weighted by Gasteiger charge is -2.29. The van der Waals surface area contributed by atoms with Crippen LogP contribution in [0.5, 0.6) is 0 Å². The molecular weight excluding hydrogens is 300 g/mol. The number of hydrogen-bond acceptors (Lipinski definition) is 4. The van der Waals surface area contributed by atoms with Gasteiger partial charge in [-0.15, -0.1) is 0 Å². The van der Waals surface area contributed by atoms with Gasteiger partial charge in [-0.2, -0.15) is 0 Å². The van der Waals surface area contributed by atoms with Gasteiger partial charge in [0.25, 0.3) is 0 Å². The number of thiocarbonyl (C=S) groups is 1. The largest absolute Gasteiger partial charge is 0.465 e. The molecule has 1 heterocycles. The first kappa shape index (κ1) is 17.2. The first-order chi connectivity index (χ1) is 10.3. The Morgan fingerprint density at radius 2 is 1.82 bits per heavy atom. The molecule has 0 radical (unpaired) electrons. The van der Waals surface area contributed by atoms with E-state index in [-0.39, 0.29) is 17.9 Å². The summed E-state index contributed by atoms with van der Waals surface area (Å²) in [5.41, 5.74) is -0.433. The molecule has 5 nitrogen and oxygen atoms in total. The van der Waals surface area contributed by atoms with Crippen LogP contribution in [0.2, 0.25) is 0 Å². The standard InChI is InChI=1S/C16H26N2O3S/c1-16(2,3)14(20)21-9-11-6-4-10(5-7-11)8-12-13(19)18-15(22)17-12/h10-12H,4-9H2,1-3H3,(H2,17,18,19,22). The smallest absolute Gasteiger partial charge is 0.311 e. The van der Waals surface area contributed by atoms with E-state index in [9.17, 15) is 9.59 Å². The molecule has 2 fully saturated rings. The first-order valence-corrected chi connectivity index (χ1v) is 8.45. The second-order valence-corrected chi connectivity index (χ2v) is 7.89. The number of esters is 1.